The first-order chi connectivity index (χ1) is 9.56. The molecule has 0 spiro atoms. The molecule has 2 rings (SSSR count). The molecule has 0 bridgehead atoms. The standard InChI is InChI=1S/C14H23N3O2S/c1-9-16-12(8-20-9)14(19)17-11(13(15)18)7-10-5-3-2-4-6-10/h10-12H,2-8H2,1H3,(H2,15,18)(H,17,19)/t11-,12?/m0/s1. The Labute approximate surface area is 124 Å². The highest BCUT2D eigenvalue weighted by molar-refractivity contribution is 8.14. The second-order valence-corrected chi connectivity index (χ2v) is 6.89. The second kappa shape index (κ2) is 7.11. The Kier molecular flexibility index (Phi) is 5.46. The molecule has 3 N–H and O–H groups in total. The van der Waals surface area contributed by atoms with E-state index in [-0.39, 0.29) is 11.9 Å². The van der Waals surface area contributed by atoms with Crippen molar-refractivity contribution in [3.05, 3.63) is 0 Å². The van der Waals surface area contributed by atoms with Crippen LogP contribution in [0.4, 0.5) is 0 Å². The minimum atomic E-state index is -0.549. The van der Waals surface area contributed by atoms with E-state index in [1.807, 2.05) is 6.92 Å². The molecule has 5 nitrogen and oxygen atoms in total. The molecule has 112 valence electrons. The van der Waals surface area contributed by atoms with Gasteiger partial charge in [-0.25, -0.2) is 0 Å². The van der Waals surface area contributed by atoms with Crippen LogP contribution < -0.4 is 11.1 Å². The molecule has 0 aromatic heterocycles. The van der Waals surface area contributed by atoms with Crippen molar-refractivity contribution in [3.63, 3.8) is 0 Å². The summed E-state index contributed by atoms with van der Waals surface area (Å²) in [5.41, 5.74) is 5.43. The van der Waals surface area contributed by atoms with Crippen molar-refractivity contribution in [2.45, 2.75) is 57.5 Å². The third-order valence-corrected chi connectivity index (χ3v) is 5.05. The number of primary amides is 1. The van der Waals surface area contributed by atoms with E-state index >= 15 is 0 Å². The van der Waals surface area contributed by atoms with Crippen LogP contribution in [-0.2, 0) is 9.59 Å². The van der Waals surface area contributed by atoms with Crippen LogP contribution in [0, 0.1) is 5.92 Å². The Morgan fingerprint density at radius 1 is 1.40 bits per heavy atom. The summed E-state index contributed by atoms with van der Waals surface area (Å²) in [6, 6.07) is -0.917. The lowest BCUT2D eigenvalue weighted by atomic mass is 9.84. The Bertz CT molecular complexity index is 405. The summed E-state index contributed by atoms with van der Waals surface area (Å²) in [4.78, 5) is 27.9. The second-order valence-electron chi connectivity index (χ2n) is 5.68. The van der Waals surface area contributed by atoms with Gasteiger partial charge in [0.2, 0.25) is 11.8 Å². The zero-order valence-corrected chi connectivity index (χ0v) is 12.7. The third kappa shape index (κ3) is 4.23. The van der Waals surface area contributed by atoms with E-state index < -0.39 is 11.9 Å². The average Bonchev–Trinajstić information content (AvgIpc) is 2.86. The summed E-state index contributed by atoms with van der Waals surface area (Å²) in [6.45, 7) is 1.89. The van der Waals surface area contributed by atoms with Gasteiger partial charge in [0.15, 0.2) is 0 Å². The van der Waals surface area contributed by atoms with Gasteiger partial charge >= 0.3 is 0 Å². The monoisotopic (exact) mass is 297 g/mol. The molecule has 1 saturated carbocycles. The summed E-state index contributed by atoms with van der Waals surface area (Å²) < 4.78 is 0. The SMILES string of the molecule is CC1=NC(C(=O)N[C@@H](CC2CCCCC2)C(N)=O)CS1. The minimum absolute atomic E-state index is 0.172. The number of nitrogens with two attached hydrogens (primary N) is 1. The van der Waals surface area contributed by atoms with Gasteiger partial charge in [-0.1, -0.05) is 32.1 Å². The average molecular weight is 297 g/mol. The van der Waals surface area contributed by atoms with Crippen LogP contribution in [0.1, 0.15) is 45.4 Å². The summed E-state index contributed by atoms with van der Waals surface area (Å²) in [5.74, 6) is 0.557. The van der Waals surface area contributed by atoms with Crippen LogP contribution in [0.15, 0.2) is 4.99 Å². The van der Waals surface area contributed by atoms with Crippen LogP contribution in [0.5, 0.6) is 0 Å². The Hall–Kier alpha value is -1.04. The Morgan fingerprint density at radius 2 is 2.10 bits per heavy atom. The summed E-state index contributed by atoms with van der Waals surface area (Å²) in [5, 5.41) is 3.72. The smallest absolute Gasteiger partial charge is 0.246 e. The van der Waals surface area contributed by atoms with E-state index in [9.17, 15) is 9.59 Å². The molecular weight excluding hydrogens is 274 g/mol. The van der Waals surface area contributed by atoms with Gasteiger partial charge in [0.25, 0.3) is 0 Å². The zero-order chi connectivity index (χ0) is 14.5. The molecule has 2 amide bonds. The van der Waals surface area contributed by atoms with Crippen molar-refractivity contribution in [2.24, 2.45) is 16.6 Å². The first-order valence-corrected chi connectivity index (χ1v) is 8.31. The molecule has 0 aromatic carbocycles. The molecule has 6 heteroatoms. The van der Waals surface area contributed by atoms with E-state index in [1.165, 1.54) is 19.3 Å². The van der Waals surface area contributed by atoms with Crippen molar-refractivity contribution in [3.8, 4) is 0 Å². The number of nitrogens with zero attached hydrogens (tertiary/aromatic N) is 1. The maximum atomic E-state index is 12.1. The highest BCUT2D eigenvalue weighted by atomic mass is 32.2. The number of rotatable bonds is 5. The quantitative estimate of drug-likeness (QED) is 0.805. The fourth-order valence-corrected chi connectivity index (χ4v) is 3.72. The molecule has 1 heterocycles. The zero-order valence-electron chi connectivity index (χ0n) is 11.9. The van der Waals surface area contributed by atoms with Crippen LogP contribution in [0.3, 0.4) is 0 Å². The van der Waals surface area contributed by atoms with Crippen molar-refractivity contribution in [2.75, 3.05) is 5.75 Å². The van der Waals surface area contributed by atoms with Gasteiger partial charge < -0.3 is 11.1 Å². The highest BCUT2D eigenvalue weighted by Gasteiger charge is 2.29. The fourth-order valence-electron chi connectivity index (χ4n) is 2.90. The number of nitrogens with one attached hydrogen (secondary N) is 1. The van der Waals surface area contributed by atoms with Crippen LogP contribution in [0.25, 0.3) is 0 Å². The van der Waals surface area contributed by atoms with Gasteiger partial charge in [-0.3, -0.25) is 14.6 Å². The molecule has 1 aliphatic heterocycles. The third-order valence-electron chi connectivity index (χ3n) is 4.04. The number of carbonyl (C=O) groups is 2. The molecule has 1 aliphatic carbocycles. The number of amides is 2. The molecule has 1 unspecified atom stereocenters. The van der Waals surface area contributed by atoms with Crippen molar-refractivity contribution < 1.29 is 9.59 Å². The highest BCUT2D eigenvalue weighted by Crippen LogP contribution is 2.27. The molecule has 0 aromatic rings. The van der Waals surface area contributed by atoms with Gasteiger partial charge in [0.1, 0.15) is 12.1 Å². The number of carbonyl (C=O) groups excluding carboxylic acids is 2. The van der Waals surface area contributed by atoms with E-state index in [0.717, 1.165) is 17.9 Å². The van der Waals surface area contributed by atoms with Crippen molar-refractivity contribution in [1.29, 1.82) is 0 Å². The summed E-state index contributed by atoms with van der Waals surface area (Å²) >= 11 is 1.58. The number of aliphatic imine (C=N–C) groups is 1. The lowest BCUT2D eigenvalue weighted by molar-refractivity contribution is -0.128. The molecule has 2 aliphatic rings. The normalized spacial score (nSPS) is 25.1. The van der Waals surface area contributed by atoms with Gasteiger partial charge in [-0.05, 0) is 19.3 Å². The predicted octanol–water partition coefficient (Wildman–Crippen LogP) is 1.46. The van der Waals surface area contributed by atoms with E-state index in [0.29, 0.717) is 18.1 Å². The fraction of sp³-hybridized carbons (Fsp3) is 0.786. The Balaban J connectivity index is 1.88. The van der Waals surface area contributed by atoms with Gasteiger partial charge in [-0.15, -0.1) is 11.8 Å². The maximum Gasteiger partial charge on any atom is 0.246 e. The number of hydrogen-bond acceptors (Lipinski definition) is 4. The van der Waals surface area contributed by atoms with E-state index in [4.69, 9.17) is 5.73 Å². The van der Waals surface area contributed by atoms with Crippen molar-refractivity contribution >= 4 is 28.6 Å². The number of thioether (sulfide) groups is 1. The first kappa shape index (κ1) is 15.4. The molecule has 1 fully saturated rings. The maximum absolute atomic E-state index is 12.1. The number of hydrogen-bond donors (Lipinski definition) is 2. The first-order valence-electron chi connectivity index (χ1n) is 7.33. The van der Waals surface area contributed by atoms with E-state index in [1.54, 1.807) is 11.8 Å². The van der Waals surface area contributed by atoms with Gasteiger partial charge in [0.05, 0.1) is 5.04 Å². The molecular formula is C14H23N3O2S. The van der Waals surface area contributed by atoms with Crippen LogP contribution in [0.2, 0.25) is 0 Å². The van der Waals surface area contributed by atoms with Gasteiger partial charge in [-0.2, -0.15) is 0 Å². The van der Waals surface area contributed by atoms with Crippen LogP contribution in [-0.4, -0.2) is 34.7 Å². The molecule has 2 atom stereocenters. The largest absolute Gasteiger partial charge is 0.368 e. The topological polar surface area (TPSA) is 84.6 Å². The molecule has 0 saturated heterocycles. The van der Waals surface area contributed by atoms with Gasteiger partial charge in [0, 0.05) is 5.75 Å². The molecule has 0 radical (unpaired) electrons. The van der Waals surface area contributed by atoms with E-state index in [2.05, 4.69) is 10.3 Å². The summed E-state index contributed by atoms with van der Waals surface area (Å²) in [6.07, 6.45) is 6.65. The minimum Gasteiger partial charge on any atom is -0.368 e. The lowest BCUT2D eigenvalue weighted by Crippen LogP contribution is -2.48. The summed E-state index contributed by atoms with van der Waals surface area (Å²) in [7, 11) is 0. The van der Waals surface area contributed by atoms with Crippen LogP contribution >= 0.6 is 11.8 Å². The predicted molar refractivity (Wildman–Crippen MR) is 81.7 cm³/mol. The lowest BCUT2D eigenvalue weighted by Gasteiger charge is -2.26. The Morgan fingerprint density at radius 3 is 2.65 bits per heavy atom. The molecule has 20 heavy (non-hydrogen) atoms. The van der Waals surface area contributed by atoms with Crippen molar-refractivity contribution in [1.82, 2.24) is 5.32 Å².